The molecule has 0 spiro atoms. The largest absolute Gasteiger partial charge is 0.206 e. The van der Waals surface area contributed by atoms with E-state index < -0.39 is 0 Å². The molecule has 0 aliphatic carbocycles. The van der Waals surface area contributed by atoms with Crippen molar-refractivity contribution in [1.82, 2.24) is 0 Å². The first-order valence-electron chi connectivity index (χ1n) is 8.32. The molecule has 0 saturated heterocycles. The normalized spacial score (nSPS) is 10.6. The van der Waals surface area contributed by atoms with Crippen LogP contribution in [-0.2, 0) is 0 Å². The maximum Gasteiger partial charge on any atom is 0.131 e. The van der Waals surface area contributed by atoms with Gasteiger partial charge in [-0.15, -0.1) is 0 Å². The highest BCUT2D eigenvalue weighted by Gasteiger charge is 2.09. The summed E-state index contributed by atoms with van der Waals surface area (Å²) >= 11 is 0. The number of hydrogen-bond acceptors (Lipinski definition) is 0. The molecule has 0 N–H and O–H groups in total. The Balaban J connectivity index is 1.94. The highest BCUT2D eigenvalue weighted by Crippen LogP contribution is 2.33. The quantitative estimate of drug-likeness (QED) is 0.387. The van der Waals surface area contributed by atoms with E-state index in [1.807, 2.05) is 48.5 Å². The molecule has 0 heterocycles. The molecule has 25 heavy (non-hydrogen) atoms. The van der Waals surface area contributed by atoms with E-state index >= 15 is 0 Å². The summed E-state index contributed by atoms with van der Waals surface area (Å²) in [5.74, 6) is -0.202. The predicted molar refractivity (Wildman–Crippen MR) is 103 cm³/mol. The van der Waals surface area contributed by atoms with Crippen LogP contribution in [0.5, 0.6) is 0 Å². The minimum absolute atomic E-state index is 0.202. The second-order valence-corrected chi connectivity index (χ2v) is 6.01. The minimum atomic E-state index is -0.202. The summed E-state index contributed by atoms with van der Waals surface area (Å²) in [6, 6.07) is 33.6. The van der Waals surface area contributed by atoms with Crippen molar-refractivity contribution in [2.45, 2.75) is 0 Å². The van der Waals surface area contributed by atoms with Crippen LogP contribution in [0.2, 0.25) is 0 Å². The molecule has 1 heteroatoms. The molecule has 0 nitrogen and oxygen atoms in total. The molecule has 0 fully saturated rings. The van der Waals surface area contributed by atoms with E-state index in [1.165, 1.54) is 6.07 Å². The smallest absolute Gasteiger partial charge is 0.131 e. The second-order valence-electron chi connectivity index (χ2n) is 6.01. The summed E-state index contributed by atoms with van der Waals surface area (Å²) in [4.78, 5) is 0. The maximum absolute atomic E-state index is 14.3. The van der Waals surface area contributed by atoms with Gasteiger partial charge >= 0.3 is 0 Å². The van der Waals surface area contributed by atoms with Gasteiger partial charge in [0.15, 0.2) is 0 Å². The summed E-state index contributed by atoms with van der Waals surface area (Å²) in [5, 5.41) is 0. The molecule has 0 aliphatic rings. The Kier molecular flexibility index (Phi) is 4.14. The fourth-order valence-corrected chi connectivity index (χ4v) is 3.07. The van der Waals surface area contributed by atoms with E-state index in [9.17, 15) is 4.39 Å². The van der Waals surface area contributed by atoms with Gasteiger partial charge in [0.25, 0.3) is 0 Å². The number of hydrogen-bond donors (Lipinski definition) is 0. The van der Waals surface area contributed by atoms with Crippen LogP contribution in [0.1, 0.15) is 0 Å². The SMILES string of the molecule is Fc1ccccc1-c1cc(-c2ccccc2)cc(-c2ccccc2)c1. The zero-order valence-electron chi connectivity index (χ0n) is 13.7. The van der Waals surface area contributed by atoms with Crippen LogP contribution in [0.3, 0.4) is 0 Å². The molecule has 4 aromatic rings. The Bertz CT molecular complexity index is 931. The van der Waals surface area contributed by atoms with Crippen LogP contribution >= 0.6 is 0 Å². The Morgan fingerprint density at radius 3 is 1.36 bits per heavy atom. The lowest BCUT2D eigenvalue weighted by Crippen LogP contribution is -1.88. The zero-order chi connectivity index (χ0) is 17.1. The molecule has 0 aromatic heterocycles. The molecule has 0 atom stereocenters. The van der Waals surface area contributed by atoms with Crippen LogP contribution < -0.4 is 0 Å². The van der Waals surface area contributed by atoms with Crippen molar-refractivity contribution in [3.05, 3.63) is 109 Å². The van der Waals surface area contributed by atoms with Gasteiger partial charge in [-0.2, -0.15) is 0 Å². The summed E-state index contributed by atoms with van der Waals surface area (Å²) < 4.78 is 14.3. The van der Waals surface area contributed by atoms with Crippen LogP contribution in [0.15, 0.2) is 103 Å². The summed E-state index contributed by atoms with van der Waals surface area (Å²) in [6.07, 6.45) is 0. The molecule has 0 amide bonds. The third kappa shape index (κ3) is 3.22. The van der Waals surface area contributed by atoms with Gasteiger partial charge in [0.1, 0.15) is 5.82 Å². The minimum Gasteiger partial charge on any atom is -0.206 e. The van der Waals surface area contributed by atoms with E-state index in [0.717, 1.165) is 27.8 Å². The van der Waals surface area contributed by atoms with Crippen LogP contribution in [0.25, 0.3) is 33.4 Å². The van der Waals surface area contributed by atoms with Crippen LogP contribution in [0, 0.1) is 5.82 Å². The molecule has 0 radical (unpaired) electrons. The molecule has 120 valence electrons. The van der Waals surface area contributed by atoms with Crippen molar-refractivity contribution >= 4 is 0 Å². The molecule has 4 rings (SSSR count). The topological polar surface area (TPSA) is 0 Å². The average Bonchev–Trinajstić information content (AvgIpc) is 2.69. The Labute approximate surface area is 147 Å². The molecule has 0 saturated carbocycles. The summed E-state index contributed by atoms with van der Waals surface area (Å²) in [5.41, 5.74) is 5.92. The first-order chi connectivity index (χ1) is 12.3. The van der Waals surface area contributed by atoms with Gasteiger partial charge in [0.05, 0.1) is 0 Å². The van der Waals surface area contributed by atoms with Gasteiger partial charge in [-0.25, -0.2) is 4.39 Å². The van der Waals surface area contributed by atoms with E-state index in [0.29, 0.717) is 5.56 Å². The van der Waals surface area contributed by atoms with Crippen LogP contribution in [0.4, 0.5) is 4.39 Å². The predicted octanol–water partition coefficient (Wildman–Crippen LogP) is 6.83. The zero-order valence-corrected chi connectivity index (χ0v) is 13.7. The molecule has 0 unspecified atom stereocenters. The fourth-order valence-electron chi connectivity index (χ4n) is 3.07. The molecule has 0 aliphatic heterocycles. The van der Waals surface area contributed by atoms with Gasteiger partial charge in [-0.05, 0) is 52.1 Å². The van der Waals surface area contributed by atoms with Gasteiger partial charge in [0.2, 0.25) is 0 Å². The Morgan fingerprint density at radius 1 is 0.400 bits per heavy atom. The Morgan fingerprint density at radius 2 is 0.840 bits per heavy atom. The molecule has 0 bridgehead atoms. The lowest BCUT2D eigenvalue weighted by atomic mass is 9.93. The number of rotatable bonds is 3. The number of halogens is 1. The van der Waals surface area contributed by atoms with Gasteiger partial charge in [-0.3, -0.25) is 0 Å². The van der Waals surface area contributed by atoms with Gasteiger partial charge in [-0.1, -0.05) is 78.9 Å². The van der Waals surface area contributed by atoms with E-state index in [4.69, 9.17) is 0 Å². The maximum atomic E-state index is 14.3. The lowest BCUT2D eigenvalue weighted by molar-refractivity contribution is 0.631. The van der Waals surface area contributed by atoms with Crippen molar-refractivity contribution in [2.75, 3.05) is 0 Å². The van der Waals surface area contributed by atoms with Crippen molar-refractivity contribution in [3.8, 4) is 33.4 Å². The van der Waals surface area contributed by atoms with Crippen LogP contribution in [-0.4, -0.2) is 0 Å². The van der Waals surface area contributed by atoms with Crippen molar-refractivity contribution < 1.29 is 4.39 Å². The first-order valence-corrected chi connectivity index (χ1v) is 8.32. The van der Waals surface area contributed by atoms with E-state index in [1.54, 1.807) is 6.07 Å². The number of benzene rings is 4. The highest BCUT2D eigenvalue weighted by molar-refractivity contribution is 5.81. The first kappa shape index (κ1) is 15.3. The van der Waals surface area contributed by atoms with Gasteiger partial charge < -0.3 is 0 Å². The van der Waals surface area contributed by atoms with Crippen molar-refractivity contribution in [2.24, 2.45) is 0 Å². The highest BCUT2D eigenvalue weighted by atomic mass is 19.1. The summed E-state index contributed by atoms with van der Waals surface area (Å²) in [6.45, 7) is 0. The third-order valence-corrected chi connectivity index (χ3v) is 4.33. The summed E-state index contributed by atoms with van der Waals surface area (Å²) in [7, 11) is 0. The second kappa shape index (κ2) is 6.74. The average molecular weight is 324 g/mol. The molecular formula is C24H17F. The lowest BCUT2D eigenvalue weighted by Gasteiger charge is -2.11. The monoisotopic (exact) mass is 324 g/mol. The Hall–Kier alpha value is -3.19. The van der Waals surface area contributed by atoms with Crippen molar-refractivity contribution in [1.29, 1.82) is 0 Å². The van der Waals surface area contributed by atoms with E-state index in [-0.39, 0.29) is 5.82 Å². The van der Waals surface area contributed by atoms with Crippen molar-refractivity contribution in [3.63, 3.8) is 0 Å². The molecular weight excluding hydrogens is 307 g/mol. The van der Waals surface area contributed by atoms with Gasteiger partial charge in [0, 0.05) is 5.56 Å². The fraction of sp³-hybridized carbons (Fsp3) is 0. The molecule has 4 aromatic carbocycles. The third-order valence-electron chi connectivity index (χ3n) is 4.33. The van der Waals surface area contributed by atoms with E-state index in [2.05, 4.69) is 42.5 Å². The standard InChI is InChI=1S/C24H17F/c25-24-14-8-7-13-23(24)22-16-20(18-9-3-1-4-10-18)15-21(17-22)19-11-5-2-6-12-19/h1-17H.